The molecule has 2 rings (SSSR count). The zero-order valence-corrected chi connectivity index (χ0v) is 11.8. The molecule has 0 aliphatic heterocycles. The van der Waals surface area contributed by atoms with Crippen molar-refractivity contribution in [1.29, 1.82) is 0 Å². The molecule has 0 saturated heterocycles. The number of nitrogens with zero attached hydrogens (tertiary/aromatic N) is 1. The van der Waals surface area contributed by atoms with E-state index in [0.717, 1.165) is 22.7 Å². The van der Waals surface area contributed by atoms with Gasteiger partial charge in [0, 0.05) is 17.5 Å². The Balaban J connectivity index is 1.77. The topological polar surface area (TPSA) is 55.1 Å². The van der Waals surface area contributed by atoms with Crippen LogP contribution >= 0.6 is 11.8 Å². The molecule has 19 heavy (non-hydrogen) atoms. The molecule has 1 aromatic carbocycles. The standard InChI is InChI=1S/C14H16N2O2S/c1-10-5-3-4-6-13(10)15-14(17)9-19-8-12-7-11(2)18-16-12/h3-7H,8-9H2,1-2H3,(H,15,17). The number of rotatable bonds is 5. The third-order valence-corrected chi connectivity index (χ3v) is 3.55. The van der Waals surface area contributed by atoms with Gasteiger partial charge in [0.25, 0.3) is 0 Å². The van der Waals surface area contributed by atoms with Gasteiger partial charge in [-0.05, 0) is 25.5 Å². The van der Waals surface area contributed by atoms with E-state index >= 15 is 0 Å². The Morgan fingerprint density at radius 1 is 1.37 bits per heavy atom. The van der Waals surface area contributed by atoms with Crippen molar-refractivity contribution in [3.63, 3.8) is 0 Å². The summed E-state index contributed by atoms with van der Waals surface area (Å²) in [5.41, 5.74) is 2.80. The highest BCUT2D eigenvalue weighted by molar-refractivity contribution is 7.99. The third kappa shape index (κ3) is 4.13. The van der Waals surface area contributed by atoms with Crippen LogP contribution in [0.5, 0.6) is 0 Å². The summed E-state index contributed by atoms with van der Waals surface area (Å²) in [5, 5.41) is 6.78. The smallest absolute Gasteiger partial charge is 0.234 e. The van der Waals surface area contributed by atoms with Gasteiger partial charge >= 0.3 is 0 Å². The molecule has 2 aromatic rings. The quantitative estimate of drug-likeness (QED) is 0.911. The maximum atomic E-state index is 11.8. The van der Waals surface area contributed by atoms with E-state index in [0.29, 0.717) is 11.5 Å². The summed E-state index contributed by atoms with van der Waals surface area (Å²) < 4.78 is 4.97. The third-order valence-electron chi connectivity index (χ3n) is 2.58. The van der Waals surface area contributed by atoms with Crippen molar-refractivity contribution in [3.8, 4) is 0 Å². The number of hydrogen-bond acceptors (Lipinski definition) is 4. The maximum Gasteiger partial charge on any atom is 0.234 e. The number of nitrogens with one attached hydrogen (secondary N) is 1. The van der Waals surface area contributed by atoms with Crippen LogP contribution in [-0.4, -0.2) is 16.8 Å². The van der Waals surface area contributed by atoms with Crippen LogP contribution in [-0.2, 0) is 10.5 Å². The Hall–Kier alpha value is -1.75. The molecule has 0 unspecified atom stereocenters. The van der Waals surface area contributed by atoms with Crippen LogP contribution in [0.25, 0.3) is 0 Å². The van der Waals surface area contributed by atoms with E-state index in [1.807, 2.05) is 44.2 Å². The summed E-state index contributed by atoms with van der Waals surface area (Å²) in [7, 11) is 0. The molecule has 0 saturated carbocycles. The van der Waals surface area contributed by atoms with Crippen LogP contribution in [0.15, 0.2) is 34.9 Å². The summed E-state index contributed by atoms with van der Waals surface area (Å²) >= 11 is 1.52. The van der Waals surface area contributed by atoms with E-state index < -0.39 is 0 Å². The molecule has 0 fully saturated rings. The van der Waals surface area contributed by atoms with Crippen molar-refractivity contribution >= 4 is 23.4 Å². The molecule has 0 bridgehead atoms. The molecule has 4 nitrogen and oxygen atoms in total. The van der Waals surface area contributed by atoms with Crippen LogP contribution < -0.4 is 5.32 Å². The highest BCUT2D eigenvalue weighted by Gasteiger charge is 2.06. The van der Waals surface area contributed by atoms with Crippen molar-refractivity contribution in [2.45, 2.75) is 19.6 Å². The van der Waals surface area contributed by atoms with E-state index in [4.69, 9.17) is 4.52 Å². The highest BCUT2D eigenvalue weighted by Crippen LogP contribution is 2.15. The van der Waals surface area contributed by atoms with Crippen LogP contribution in [0.2, 0.25) is 0 Å². The van der Waals surface area contributed by atoms with Gasteiger partial charge in [-0.15, -0.1) is 11.8 Å². The van der Waals surface area contributed by atoms with Crippen molar-refractivity contribution in [3.05, 3.63) is 47.3 Å². The maximum absolute atomic E-state index is 11.8. The Labute approximate surface area is 116 Å². The molecule has 1 aromatic heterocycles. The van der Waals surface area contributed by atoms with Gasteiger partial charge in [0.2, 0.25) is 5.91 Å². The number of benzene rings is 1. The molecular formula is C14H16N2O2S. The number of anilines is 1. The van der Waals surface area contributed by atoms with Gasteiger partial charge < -0.3 is 9.84 Å². The van der Waals surface area contributed by atoms with Crippen LogP contribution in [0.4, 0.5) is 5.69 Å². The van der Waals surface area contributed by atoms with Crippen molar-refractivity contribution in [1.82, 2.24) is 5.16 Å². The second-order valence-electron chi connectivity index (χ2n) is 4.28. The van der Waals surface area contributed by atoms with Crippen molar-refractivity contribution in [2.75, 3.05) is 11.1 Å². The van der Waals surface area contributed by atoms with Gasteiger partial charge in [0.1, 0.15) is 5.76 Å². The van der Waals surface area contributed by atoms with E-state index in [1.165, 1.54) is 11.8 Å². The normalized spacial score (nSPS) is 10.4. The first-order chi connectivity index (χ1) is 9.15. The van der Waals surface area contributed by atoms with Crippen LogP contribution in [0.1, 0.15) is 17.0 Å². The van der Waals surface area contributed by atoms with E-state index in [9.17, 15) is 4.79 Å². The fourth-order valence-electron chi connectivity index (χ4n) is 1.63. The molecule has 0 atom stereocenters. The second kappa shape index (κ2) is 6.43. The lowest BCUT2D eigenvalue weighted by atomic mass is 10.2. The summed E-state index contributed by atoms with van der Waals surface area (Å²) in [6.07, 6.45) is 0. The first-order valence-electron chi connectivity index (χ1n) is 6.00. The van der Waals surface area contributed by atoms with Gasteiger partial charge in [-0.1, -0.05) is 23.4 Å². The Kier molecular flexibility index (Phi) is 4.63. The number of hydrogen-bond donors (Lipinski definition) is 1. The number of thioether (sulfide) groups is 1. The SMILES string of the molecule is Cc1cc(CSCC(=O)Nc2ccccc2C)no1. The molecular weight excluding hydrogens is 260 g/mol. The molecule has 0 spiro atoms. The molecule has 1 heterocycles. The van der Waals surface area contributed by atoms with Gasteiger partial charge in [-0.3, -0.25) is 4.79 Å². The van der Waals surface area contributed by atoms with E-state index in [-0.39, 0.29) is 5.91 Å². The number of aryl methyl sites for hydroxylation is 2. The highest BCUT2D eigenvalue weighted by atomic mass is 32.2. The minimum absolute atomic E-state index is 0.000447. The lowest BCUT2D eigenvalue weighted by Crippen LogP contribution is -2.14. The second-order valence-corrected chi connectivity index (χ2v) is 5.27. The zero-order chi connectivity index (χ0) is 13.7. The van der Waals surface area contributed by atoms with Gasteiger partial charge in [-0.25, -0.2) is 0 Å². The van der Waals surface area contributed by atoms with Gasteiger partial charge in [-0.2, -0.15) is 0 Å². The zero-order valence-electron chi connectivity index (χ0n) is 11.0. The van der Waals surface area contributed by atoms with E-state index in [1.54, 1.807) is 0 Å². The van der Waals surface area contributed by atoms with Crippen LogP contribution in [0, 0.1) is 13.8 Å². The fraction of sp³-hybridized carbons (Fsp3) is 0.286. The lowest BCUT2D eigenvalue weighted by molar-refractivity contribution is -0.113. The summed E-state index contributed by atoms with van der Waals surface area (Å²) in [4.78, 5) is 11.8. The number of carbonyl (C=O) groups excluding carboxylic acids is 1. The number of para-hydroxylation sites is 1. The summed E-state index contributed by atoms with van der Waals surface area (Å²) in [5.74, 6) is 1.87. The van der Waals surface area contributed by atoms with Gasteiger partial charge in [0.15, 0.2) is 0 Å². The molecule has 1 amide bonds. The monoisotopic (exact) mass is 276 g/mol. The average Bonchev–Trinajstić information content (AvgIpc) is 2.78. The predicted octanol–water partition coefficient (Wildman–Crippen LogP) is 3.16. The van der Waals surface area contributed by atoms with Crippen molar-refractivity contribution in [2.24, 2.45) is 0 Å². The Morgan fingerprint density at radius 2 is 2.16 bits per heavy atom. The predicted molar refractivity (Wildman–Crippen MR) is 77.2 cm³/mol. The Morgan fingerprint density at radius 3 is 2.84 bits per heavy atom. The fourth-order valence-corrected chi connectivity index (χ4v) is 2.34. The Bertz CT molecular complexity index is 566. The number of carbonyl (C=O) groups is 1. The lowest BCUT2D eigenvalue weighted by Gasteiger charge is -2.07. The number of aromatic nitrogens is 1. The average molecular weight is 276 g/mol. The molecule has 0 aliphatic rings. The van der Waals surface area contributed by atoms with Crippen LogP contribution in [0.3, 0.4) is 0 Å². The van der Waals surface area contributed by atoms with Gasteiger partial charge in [0.05, 0.1) is 11.4 Å². The van der Waals surface area contributed by atoms with Crippen molar-refractivity contribution < 1.29 is 9.32 Å². The molecule has 0 aliphatic carbocycles. The van der Waals surface area contributed by atoms with E-state index in [2.05, 4.69) is 10.5 Å². The number of amides is 1. The molecule has 5 heteroatoms. The molecule has 1 N–H and O–H groups in total. The summed E-state index contributed by atoms with van der Waals surface area (Å²) in [6.45, 7) is 3.83. The largest absolute Gasteiger partial charge is 0.361 e. The first kappa shape index (κ1) is 13.7. The molecule has 100 valence electrons. The molecule has 0 radical (unpaired) electrons. The first-order valence-corrected chi connectivity index (χ1v) is 7.16. The summed E-state index contributed by atoms with van der Waals surface area (Å²) in [6, 6.07) is 9.62. The minimum atomic E-state index is -0.000447. The minimum Gasteiger partial charge on any atom is -0.361 e.